The summed E-state index contributed by atoms with van der Waals surface area (Å²) in [6.07, 6.45) is 2.02. The van der Waals surface area contributed by atoms with Gasteiger partial charge in [0, 0.05) is 32.2 Å². The second kappa shape index (κ2) is 8.22. The van der Waals surface area contributed by atoms with E-state index in [4.69, 9.17) is 0 Å². The van der Waals surface area contributed by atoms with Crippen molar-refractivity contribution < 1.29 is 17.6 Å². The fourth-order valence-corrected chi connectivity index (χ4v) is 5.05. The van der Waals surface area contributed by atoms with Crippen LogP contribution in [0.3, 0.4) is 0 Å². The van der Waals surface area contributed by atoms with E-state index in [1.165, 1.54) is 16.4 Å². The molecule has 1 saturated carbocycles. The average Bonchev–Trinajstić information content (AvgIpc) is 3.54. The number of nitrogens with one attached hydrogen (secondary N) is 1. The number of carbonyl (C=O) groups excluding carboxylic acids is 1. The monoisotopic (exact) mass is 417 g/mol. The molecule has 8 heteroatoms. The van der Waals surface area contributed by atoms with E-state index in [0.717, 1.165) is 30.5 Å². The molecule has 0 unspecified atom stereocenters. The summed E-state index contributed by atoms with van der Waals surface area (Å²) in [5.41, 5.74) is 0.903. The molecule has 154 valence electrons. The van der Waals surface area contributed by atoms with Crippen LogP contribution >= 0.6 is 0 Å². The van der Waals surface area contributed by atoms with Crippen molar-refractivity contribution in [3.05, 3.63) is 66.0 Å². The maximum Gasteiger partial charge on any atom is 0.243 e. The molecule has 1 N–H and O–H groups in total. The lowest BCUT2D eigenvalue weighted by Crippen LogP contribution is -2.52. The summed E-state index contributed by atoms with van der Waals surface area (Å²) in [5.74, 6) is -0.505. The van der Waals surface area contributed by atoms with E-state index >= 15 is 0 Å². The Hall–Kier alpha value is -2.29. The van der Waals surface area contributed by atoms with Crippen molar-refractivity contribution >= 4 is 15.9 Å². The number of hydrogen-bond donors (Lipinski definition) is 1. The fourth-order valence-electron chi connectivity index (χ4n) is 3.63. The highest BCUT2D eigenvalue weighted by atomic mass is 32.2. The van der Waals surface area contributed by atoms with E-state index in [2.05, 4.69) is 5.32 Å². The number of nitrogens with zero attached hydrogens (tertiary/aromatic N) is 2. The predicted octanol–water partition coefficient (Wildman–Crippen LogP) is 2.15. The highest BCUT2D eigenvalue weighted by Crippen LogP contribution is 2.27. The van der Waals surface area contributed by atoms with E-state index in [9.17, 15) is 17.6 Å². The number of benzene rings is 2. The average molecular weight is 418 g/mol. The zero-order valence-corrected chi connectivity index (χ0v) is 16.8. The first kappa shape index (κ1) is 20.0. The largest absolute Gasteiger partial charge is 0.352 e. The van der Waals surface area contributed by atoms with Crippen molar-refractivity contribution in [3.8, 4) is 0 Å². The molecule has 1 amide bonds. The number of piperazine rings is 1. The van der Waals surface area contributed by atoms with Gasteiger partial charge < -0.3 is 5.32 Å². The molecule has 1 aliphatic heterocycles. The van der Waals surface area contributed by atoms with Crippen LogP contribution < -0.4 is 5.32 Å². The zero-order chi connectivity index (χ0) is 20.4. The van der Waals surface area contributed by atoms with Crippen molar-refractivity contribution in [2.24, 2.45) is 0 Å². The molecule has 1 saturated heterocycles. The molecule has 0 aromatic heterocycles. The van der Waals surface area contributed by atoms with Crippen LogP contribution in [-0.4, -0.2) is 55.8 Å². The van der Waals surface area contributed by atoms with Crippen LogP contribution in [0.4, 0.5) is 4.39 Å². The van der Waals surface area contributed by atoms with E-state index in [-0.39, 0.29) is 29.9 Å². The number of carbonyl (C=O) groups is 1. The predicted molar refractivity (Wildman–Crippen MR) is 107 cm³/mol. The standard InChI is InChI=1S/C21H24FN3O3S/c22-17-6-10-19(11-7-17)29(27,28)25-14-12-24(13-15-25)20(16-4-2-1-3-5-16)21(26)23-18-8-9-18/h1-7,10-11,18,20H,8-9,12-15H2,(H,23,26)/t20-/m0/s1. The molecule has 2 aromatic carbocycles. The van der Waals surface area contributed by atoms with Crippen molar-refractivity contribution in [2.45, 2.75) is 29.8 Å². The SMILES string of the molecule is O=C(NC1CC1)[C@H](c1ccccc1)N1CCN(S(=O)(=O)c2ccc(F)cc2)CC1. The second-order valence-electron chi connectivity index (χ2n) is 7.49. The Morgan fingerprint density at radius 1 is 0.966 bits per heavy atom. The summed E-state index contributed by atoms with van der Waals surface area (Å²) in [5, 5.41) is 3.07. The van der Waals surface area contributed by atoms with E-state index in [1.54, 1.807) is 0 Å². The maximum absolute atomic E-state index is 13.1. The first-order valence-corrected chi connectivity index (χ1v) is 11.2. The van der Waals surface area contributed by atoms with Crippen LogP contribution in [0.5, 0.6) is 0 Å². The van der Waals surface area contributed by atoms with Crippen molar-refractivity contribution in [1.82, 2.24) is 14.5 Å². The molecule has 0 spiro atoms. The van der Waals surface area contributed by atoms with Gasteiger partial charge in [0.1, 0.15) is 11.9 Å². The third kappa shape index (κ3) is 4.49. The molecule has 2 aromatic rings. The molecule has 2 aliphatic rings. The topological polar surface area (TPSA) is 69.7 Å². The van der Waals surface area contributed by atoms with Gasteiger partial charge in [-0.15, -0.1) is 0 Å². The molecule has 4 rings (SSSR count). The molecule has 1 heterocycles. The summed E-state index contributed by atoms with van der Waals surface area (Å²) in [6, 6.07) is 14.3. The molecule has 0 radical (unpaired) electrons. The Kier molecular flexibility index (Phi) is 5.67. The number of hydrogen-bond acceptors (Lipinski definition) is 4. The lowest BCUT2D eigenvalue weighted by Gasteiger charge is -2.38. The number of rotatable bonds is 6. The first-order valence-electron chi connectivity index (χ1n) is 9.80. The van der Waals surface area contributed by atoms with Gasteiger partial charge >= 0.3 is 0 Å². The molecule has 1 atom stereocenters. The molecular formula is C21H24FN3O3S. The summed E-state index contributed by atoms with van der Waals surface area (Å²) >= 11 is 0. The number of amides is 1. The summed E-state index contributed by atoms with van der Waals surface area (Å²) in [7, 11) is -3.68. The Balaban J connectivity index is 1.48. The van der Waals surface area contributed by atoms with Crippen LogP contribution in [0.1, 0.15) is 24.4 Å². The molecule has 6 nitrogen and oxygen atoms in total. The minimum absolute atomic E-state index is 0.0338. The van der Waals surface area contributed by atoms with Crippen molar-refractivity contribution in [3.63, 3.8) is 0 Å². The highest BCUT2D eigenvalue weighted by Gasteiger charge is 2.36. The molecule has 2 fully saturated rings. The maximum atomic E-state index is 13.1. The Bertz CT molecular complexity index is 954. The number of sulfonamides is 1. The van der Waals surface area contributed by atoms with Crippen LogP contribution in [0, 0.1) is 5.82 Å². The zero-order valence-electron chi connectivity index (χ0n) is 16.0. The molecule has 29 heavy (non-hydrogen) atoms. The van der Waals surface area contributed by atoms with Gasteiger partial charge in [-0.25, -0.2) is 12.8 Å². The van der Waals surface area contributed by atoms with Crippen LogP contribution in [0.2, 0.25) is 0 Å². The van der Waals surface area contributed by atoms with Gasteiger partial charge in [-0.05, 0) is 42.7 Å². The minimum Gasteiger partial charge on any atom is -0.352 e. The van der Waals surface area contributed by atoms with Crippen molar-refractivity contribution in [1.29, 1.82) is 0 Å². The van der Waals surface area contributed by atoms with E-state index < -0.39 is 21.9 Å². The van der Waals surface area contributed by atoms with Gasteiger partial charge in [-0.1, -0.05) is 30.3 Å². The van der Waals surface area contributed by atoms with Crippen LogP contribution in [0.15, 0.2) is 59.5 Å². The lowest BCUT2D eigenvalue weighted by atomic mass is 10.0. The first-order chi connectivity index (χ1) is 13.9. The van der Waals surface area contributed by atoms with Crippen LogP contribution in [0.25, 0.3) is 0 Å². The van der Waals surface area contributed by atoms with Gasteiger partial charge in [-0.2, -0.15) is 4.31 Å². The van der Waals surface area contributed by atoms with Crippen molar-refractivity contribution in [2.75, 3.05) is 26.2 Å². The van der Waals surface area contributed by atoms with Gasteiger partial charge in [-0.3, -0.25) is 9.69 Å². The van der Waals surface area contributed by atoms with Crippen LogP contribution in [-0.2, 0) is 14.8 Å². The van der Waals surface area contributed by atoms with E-state index in [0.29, 0.717) is 13.1 Å². The fraction of sp³-hybridized carbons (Fsp3) is 0.381. The quantitative estimate of drug-likeness (QED) is 0.782. The third-order valence-electron chi connectivity index (χ3n) is 5.38. The molecule has 1 aliphatic carbocycles. The lowest BCUT2D eigenvalue weighted by molar-refractivity contribution is -0.127. The summed E-state index contributed by atoms with van der Waals surface area (Å²) in [6.45, 7) is 1.44. The second-order valence-corrected chi connectivity index (χ2v) is 9.43. The molecular weight excluding hydrogens is 393 g/mol. The normalized spacial score (nSPS) is 19.6. The Morgan fingerprint density at radius 3 is 2.17 bits per heavy atom. The Morgan fingerprint density at radius 2 is 1.59 bits per heavy atom. The number of halogens is 1. The van der Waals surface area contributed by atoms with Gasteiger partial charge in [0.2, 0.25) is 15.9 Å². The van der Waals surface area contributed by atoms with Gasteiger partial charge in [0.05, 0.1) is 4.90 Å². The smallest absolute Gasteiger partial charge is 0.243 e. The molecule has 0 bridgehead atoms. The highest BCUT2D eigenvalue weighted by molar-refractivity contribution is 7.89. The minimum atomic E-state index is -3.68. The van der Waals surface area contributed by atoms with E-state index in [1.807, 2.05) is 35.2 Å². The van der Waals surface area contributed by atoms with Gasteiger partial charge in [0.25, 0.3) is 0 Å². The Labute approximate surface area is 170 Å². The summed E-state index contributed by atoms with van der Waals surface area (Å²) < 4.78 is 40.2. The third-order valence-corrected chi connectivity index (χ3v) is 7.29. The summed E-state index contributed by atoms with van der Waals surface area (Å²) in [4.78, 5) is 15.0. The van der Waals surface area contributed by atoms with Gasteiger partial charge in [0.15, 0.2) is 0 Å².